The lowest BCUT2D eigenvalue weighted by Crippen LogP contribution is -2.22. The first-order valence-electron chi connectivity index (χ1n) is 9.26. The summed E-state index contributed by atoms with van der Waals surface area (Å²) in [6.07, 6.45) is 1.44. The van der Waals surface area contributed by atoms with Crippen molar-refractivity contribution in [3.05, 3.63) is 69.6 Å². The van der Waals surface area contributed by atoms with Crippen molar-refractivity contribution >= 4 is 46.0 Å². The number of anilines is 1. The normalized spacial score (nSPS) is 10.9. The molecule has 0 aliphatic carbocycles. The van der Waals surface area contributed by atoms with Gasteiger partial charge in [0.15, 0.2) is 10.8 Å². The van der Waals surface area contributed by atoms with Gasteiger partial charge in [0.2, 0.25) is 5.91 Å². The van der Waals surface area contributed by atoms with E-state index in [9.17, 15) is 9.59 Å². The van der Waals surface area contributed by atoms with Crippen molar-refractivity contribution in [1.82, 2.24) is 19.7 Å². The number of rotatable bonds is 6. The van der Waals surface area contributed by atoms with E-state index < -0.39 is 0 Å². The molecule has 158 valence electrons. The number of halogens is 1. The number of nitrogens with one attached hydrogen (secondary N) is 2. The second-order valence-electron chi connectivity index (χ2n) is 6.61. The molecule has 0 aliphatic rings. The number of carbonyl (C=O) groups is 1. The molecular weight excluding hydrogens is 438 g/mol. The van der Waals surface area contributed by atoms with Gasteiger partial charge in [0.1, 0.15) is 11.1 Å². The summed E-state index contributed by atoms with van der Waals surface area (Å²) in [5.74, 6) is 0.476. The summed E-state index contributed by atoms with van der Waals surface area (Å²) in [6, 6.07) is 12.3. The minimum absolute atomic E-state index is 0.0498. The van der Waals surface area contributed by atoms with Crippen molar-refractivity contribution in [2.75, 3.05) is 18.2 Å². The third kappa shape index (κ3) is 4.28. The van der Waals surface area contributed by atoms with Crippen LogP contribution in [0.3, 0.4) is 0 Å². The van der Waals surface area contributed by atoms with Gasteiger partial charge in [0.05, 0.1) is 24.7 Å². The van der Waals surface area contributed by atoms with Gasteiger partial charge in [-0.2, -0.15) is 5.10 Å². The summed E-state index contributed by atoms with van der Waals surface area (Å²) in [6.45, 7) is 1.83. The highest BCUT2D eigenvalue weighted by Crippen LogP contribution is 2.25. The van der Waals surface area contributed by atoms with Gasteiger partial charge in [-0.05, 0) is 48.9 Å². The van der Waals surface area contributed by atoms with Crippen molar-refractivity contribution in [2.45, 2.75) is 12.1 Å². The van der Waals surface area contributed by atoms with Gasteiger partial charge in [0, 0.05) is 10.7 Å². The number of amides is 1. The Labute approximate surface area is 186 Å². The second-order valence-corrected chi connectivity index (χ2v) is 7.96. The molecule has 4 aromatic rings. The first kappa shape index (κ1) is 21.0. The molecule has 2 aromatic heterocycles. The number of fused-ring (bicyclic) bond motifs is 1. The number of aromatic nitrogens is 4. The fourth-order valence-corrected chi connectivity index (χ4v) is 3.97. The number of ether oxygens (including phenoxy) is 1. The molecule has 0 unspecified atom stereocenters. The average molecular weight is 456 g/mol. The summed E-state index contributed by atoms with van der Waals surface area (Å²) < 4.78 is 6.65. The summed E-state index contributed by atoms with van der Waals surface area (Å²) in [5.41, 5.74) is 2.12. The third-order valence-corrected chi connectivity index (χ3v) is 6.00. The molecule has 0 spiro atoms. The number of H-pyrrole nitrogens is 1. The highest BCUT2D eigenvalue weighted by Gasteiger charge is 2.16. The zero-order valence-corrected chi connectivity index (χ0v) is 18.3. The number of carbonyl (C=O) groups excluding carboxylic acids is 1. The molecule has 2 N–H and O–H groups in total. The number of methoxy groups -OCH3 is 1. The average Bonchev–Trinajstić information content (AvgIpc) is 3.25. The first-order chi connectivity index (χ1) is 15.0. The number of benzene rings is 2. The lowest BCUT2D eigenvalue weighted by atomic mass is 10.2. The monoisotopic (exact) mass is 455 g/mol. The van der Waals surface area contributed by atoms with Crippen molar-refractivity contribution in [3.8, 4) is 11.4 Å². The Hall–Kier alpha value is -3.30. The number of nitrogens with zero attached hydrogens (tertiary/aromatic N) is 3. The summed E-state index contributed by atoms with van der Waals surface area (Å²) in [4.78, 5) is 30.1. The molecule has 0 atom stereocenters. The molecular formula is C21H18ClN5O3S. The Balaban J connectivity index is 1.64. The van der Waals surface area contributed by atoms with Gasteiger partial charge < -0.3 is 10.1 Å². The molecule has 1 amide bonds. The van der Waals surface area contributed by atoms with Gasteiger partial charge in [-0.3, -0.25) is 19.3 Å². The molecule has 4 rings (SSSR count). The predicted octanol–water partition coefficient (Wildman–Crippen LogP) is 3.81. The Morgan fingerprint density at radius 1 is 1.26 bits per heavy atom. The van der Waals surface area contributed by atoms with Crippen LogP contribution in [0, 0.1) is 6.92 Å². The van der Waals surface area contributed by atoms with E-state index >= 15 is 0 Å². The van der Waals surface area contributed by atoms with Crippen LogP contribution in [0.5, 0.6) is 5.75 Å². The minimum Gasteiger partial charge on any atom is -0.497 e. The van der Waals surface area contributed by atoms with Crippen molar-refractivity contribution in [3.63, 3.8) is 0 Å². The smallest absolute Gasteiger partial charge is 0.269 e. The Morgan fingerprint density at radius 2 is 2.03 bits per heavy atom. The van der Waals surface area contributed by atoms with E-state index in [4.69, 9.17) is 16.3 Å². The van der Waals surface area contributed by atoms with E-state index in [0.29, 0.717) is 38.3 Å². The molecule has 10 heteroatoms. The lowest BCUT2D eigenvalue weighted by Gasteiger charge is -2.13. The van der Waals surface area contributed by atoms with E-state index in [-0.39, 0.29) is 17.2 Å². The van der Waals surface area contributed by atoms with E-state index in [1.807, 2.05) is 6.92 Å². The maximum atomic E-state index is 13.1. The molecule has 2 heterocycles. The van der Waals surface area contributed by atoms with Crippen molar-refractivity contribution < 1.29 is 9.53 Å². The largest absolute Gasteiger partial charge is 0.497 e. The maximum Gasteiger partial charge on any atom is 0.269 e. The van der Waals surface area contributed by atoms with Gasteiger partial charge in [-0.1, -0.05) is 29.4 Å². The second kappa shape index (κ2) is 8.83. The molecule has 31 heavy (non-hydrogen) atoms. The highest BCUT2D eigenvalue weighted by molar-refractivity contribution is 7.99. The molecule has 2 aromatic carbocycles. The van der Waals surface area contributed by atoms with Crippen LogP contribution in [0.1, 0.15) is 5.56 Å². The highest BCUT2D eigenvalue weighted by atomic mass is 35.5. The van der Waals surface area contributed by atoms with Gasteiger partial charge in [0.25, 0.3) is 5.56 Å². The molecule has 8 nitrogen and oxygen atoms in total. The summed E-state index contributed by atoms with van der Waals surface area (Å²) in [7, 11) is 1.57. The van der Waals surface area contributed by atoms with E-state index in [1.165, 1.54) is 10.8 Å². The fourth-order valence-electron chi connectivity index (χ4n) is 2.99. The predicted molar refractivity (Wildman–Crippen MR) is 122 cm³/mol. The third-order valence-electron chi connectivity index (χ3n) is 4.66. The zero-order valence-electron chi connectivity index (χ0n) is 16.7. The molecule has 0 saturated carbocycles. The van der Waals surface area contributed by atoms with E-state index in [1.54, 1.807) is 49.6 Å². The quantitative estimate of drug-likeness (QED) is 0.338. The van der Waals surface area contributed by atoms with Crippen LogP contribution in [0.2, 0.25) is 5.02 Å². The first-order valence-corrected chi connectivity index (χ1v) is 10.6. The van der Waals surface area contributed by atoms with Crippen LogP contribution in [-0.4, -0.2) is 38.5 Å². The van der Waals surface area contributed by atoms with E-state index in [2.05, 4.69) is 20.5 Å². The molecule has 0 aliphatic heterocycles. The Bertz CT molecular complexity index is 1320. The van der Waals surface area contributed by atoms with Gasteiger partial charge >= 0.3 is 0 Å². The zero-order chi connectivity index (χ0) is 22.0. The van der Waals surface area contributed by atoms with Crippen LogP contribution in [0.25, 0.3) is 16.7 Å². The lowest BCUT2D eigenvalue weighted by molar-refractivity contribution is -0.113. The van der Waals surface area contributed by atoms with Crippen LogP contribution in [0.15, 0.2) is 58.6 Å². The van der Waals surface area contributed by atoms with Gasteiger partial charge in [-0.15, -0.1) is 0 Å². The molecule has 0 saturated heterocycles. The SMILES string of the molecule is COc1ccc(-n2c(SCC(=O)Nc3cccc(Cl)c3C)nc3[nH]ncc3c2=O)cc1. The number of aromatic amines is 1. The Kier molecular flexibility index (Phi) is 5.97. The van der Waals surface area contributed by atoms with E-state index in [0.717, 1.165) is 17.3 Å². The number of hydrogen-bond donors (Lipinski definition) is 2. The number of hydrogen-bond acceptors (Lipinski definition) is 6. The minimum atomic E-state index is -0.280. The van der Waals surface area contributed by atoms with Crippen LogP contribution >= 0.6 is 23.4 Å². The van der Waals surface area contributed by atoms with Crippen molar-refractivity contribution in [1.29, 1.82) is 0 Å². The van der Waals surface area contributed by atoms with Crippen LogP contribution in [0.4, 0.5) is 5.69 Å². The summed E-state index contributed by atoms with van der Waals surface area (Å²) in [5, 5.41) is 10.8. The van der Waals surface area contributed by atoms with Crippen LogP contribution in [-0.2, 0) is 4.79 Å². The Morgan fingerprint density at radius 3 is 2.77 bits per heavy atom. The molecule has 0 radical (unpaired) electrons. The van der Waals surface area contributed by atoms with Crippen LogP contribution < -0.4 is 15.6 Å². The summed E-state index contributed by atoms with van der Waals surface area (Å²) >= 11 is 7.27. The standard InChI is InChI=1S/C21H18ClN5O3S/c1-12-16(22)4-3-5-17(12)24-18(28)11-31-21-25-19-15(10-23-26-19)20(29)27(21)13-6-8-14(30-2)9-7-13/h3-10H,11H2,1-2H3,(H,23,26)(H,24,28). The molecule has 0 bridgehead atoms. The maximum absolute atomic E-state index is 13.1. The molecule has 0 fully saturated rings. The topological polar surface area (TPSA) is 102 Å². The number of thioether (sulfide) groups is 1. The van der Waals surface area contributed by atoms with Crippen molar-refractivity contribution in [2.24, 2.45) is 0 Å². The fraction of sp³-hybridized carbons (Fsp3) is 0.143. The van der Waals surface area contributed by atoms with Gasteiger partial charge in [-0.25, -0.2) is 4.98 Å².